The van der Waals surface area contributed by atoms with E-state index in [0.29, 0.717) is 12.2 Å². The Balaban J connectivity index is 2.19. The van der Waals surface area contributed by atoms with E-state index >= 15 is 0 Å². The zero-order valence-electron chi connectivity index (χ0n) is 13.0. The van der Waals surface area contributed by atoms with Gasteiger partial charge in [0.1, 0.15) is 0 Å². The van der Waals surface area contributed by atoms with E-state index in [1.54, 1.807) is 18.2 Å². The number of likely N-dealkylation sites (N-methyl/N-ethyl adjacent to an activating group) is 1. The molecule has 120 valence electrons. The maximum Gasteiger partial charge on any atom is 0.244 e. The van der Waals surface area contributed by atoms with Crippen LogP contribution in [0.25, 0.3) is 0 Å². The molecule has 1 amide bonds. The molecule has 1 aromatic carbocycles. The van der Waals surface area contributed by atoms with Gasteiger partial charge < -0.3 is 10.2 Å². The Hall–Kier alpha value is -1.86. The number of para-hydroxylation sites is 1. The predicted molar refractivity (Wildman–Crippen MR) is 87.2 cm³/mol. The molecule has 1 N–H and O–H groups in total. The minimum absolute atomic E-state index is 0.131. The van der Waals surface area contributed by atoms with Crippen molar-refractivity contribution in [1.29, 1.82) is 0 Å². The Morgan fingerprint density at radius 3 is 2.77 bits per heavy atom. The molecule has 1 aliphatic heterocycles. The molecular weight excluding hydrogens is 302 g/mol. The number of nitrogens with zero attached hydrogens (tertiary/aromatic N) is 2. The van der Waals surface area contributed by atoms with Crippen LogP contribution in [0.3, 0.4) is 0 Å². The molecule has 1 heterocycles. The Morgan fingerprint density at radius 1 is 1.41 bits per heavy atom. The van der Waals surface area contributed by atoms with Crippen LogP contribution in [0, 0.1) is 0 Å². The summed E-state index contributed by atoms with van der Waals surface area (Å²) >= 11 is 0. The fraction of sp³-hybridized carbons (Fsp3) is 0.400. The number of amides is 1. The summed E-state index contributed by atoms with van der Waals surface area (Å²) in [5.41, 5.74) is 1.42. The van der Waals surface area contributed by atoms with Gasteiger partial charge >= 0.3 is 0 Å². The van der Waals surface area contributed by atoms with Gasteiger partial charge in [0.05, 0.1) is 17.5 Å². The van der Waals surface area contributed by atoms with Gasteiger partial charge in [0, 0.05) is 19.7 Å². The van der Waals surface area contributed by atoms with Gasteiger partial charge in [-0.05, 0) is 25.7 Å². The highest BCUT2D eigenvalue weighted by Crippen LogP contribution is 2.33. The van der Waals surface area contributed by atoms with Crippen molar-refractivity contribution in [3.63, 3.8) is 0 Å². The molecule has 0 fully saturated rings. The number of nitrogens with one attached hydrogen (secondary N) is 1. The molecule has 1 aliphatic rings. The van der Waals surface area contributed by atoms with Gasteiger partial charge in [0.25, 0.3) is 0 Å². The smallest absolute Gasteiger partial charge is 0.244 e. The number of benzene rings is 1. The van der Waals surface area contributed by atoms with Crippen molar-refractivity contribution in [3.8, 4) is 0 Å². The largest absolute Gasteiger partial charge is 0.345 e. The van der Waals surface area contributed by atoms with Crippen LogP contribution in [0.4, 0.5) is 5.69 Å². The average molecular weight is 323 g/mol. The summed E-state index contributed by atoms with van der Waals surface area (Å²) < 4.78 is 25.6. The van der Waals surface area contributed by atoms with E-state index in [9.17, 15) is 13.2 Å². The lowest BCUT2D eigenvalue weighted by atomic mass is 10.1. The van der Waals surface area contributed by atoms with Gasteiger partial charge in [-0.1, -0.05) is 24.3 Å². The molecule has 0 saturated carbocycles. The summed E-state index contributed by atoms with van der Waals surface area (Å²) in [4.78, 5) is 13.9. The van der Waals surface area contributed by atoms with E-state index in [-0.39, 0.29) is 11.7 Å². The Kier molecular flexibility index (Phi) is 4.87. The van der Waals surface area contributed by atoms with Crippen molar-refractivity contribution in [2.75, 3.05) is 37.7 Å². The van der Waals surface area contributed by atoms with Gasteiger partial charge in [-0.3, -0.25) is 9.10 Å². The second kappa shape index (κ2) is 6.50. The van der Waals surface area contributed by atoms with Gasteiger partial charge in [0.15, 0.2) is 0 Å². The van der Waals surface area contributed by atoms with Crippen LogP contribution in [0.15, 0.2) is 36.4 Å². The zero-order valence-corrected chi connectivity index (χ0v) is 13.8. The first-order valence-corrected chi connectivity index (χ1v) is 8.59. The van der Waals surface area contributed by atoms with E-state index < -0.39 is 16.1 Å². The van der Waals surface area contributed by atoms with Crippen LogP contribution in [-0.2, 0) is 14.8 Å². The van der Waals surface area contributed by atoms with Crippen LogP contribution >= 0.6 is 0 Å². The second-order valence-electron chi connectivity index (χ2n) is 5.53. The first-order valence-electron chi connectivity index (χ1n) is 6.98. The molecule has 0 spiro atoms. The van der Waals surface area contributed by atoms with Crippen molar-refractivity contribution >= 4 is 21.6 Å². The molecule has 0 saturated heterocycles. The highest BCUT2D eigenvalue weighted by molar-refractivity contribution is 7.92. The molecule has 6 nitrogen and oxygen atoms in total. The van der Waals surface area contributed by atoms with Crippen LogP contribution < -0.4 is 9.62 Å². The Morgan fingerprint density at radius 2 is 2.09 bits per heavy atom. The van der Waals surface area contributed by atoms with E-state index in [2.05, 4.69) is 5.32 Å². The van der Waals surface area contributed by atoms with Crippen LogP contribution in [0.2, 0.25) is 0 Å². The first kappa shape index (κ1) is 16.5. The van der Waals surface area contributed by atoms with Gasteiger partial charge in [-0.2, -0.15) is 0 Å². The highest BCUT2D eigenvalue weighted by atomic mass is 32.2. The molecule has 2 rings (SSSR count). The number of carbonyl (C=O) groups excluding carboxylic acids is 1. The van der Waals surface area contributed by atoms with Gasteiger partial charge in [-0.15, -0.1) is 0 Å². The number of sulfonamides is 1. The second-order valence-corrected chi connectivity index (χ2v) is 7.58. The van der Waals surface area contributed by atoms with Crippen LogP contribution in [0.1, 0.15) is 11.6 Å². The Labute approximate surface area is 131 Å². The molecule has 1 atom stereocenters. The van der Waals surface area contributed by atoms with Gasteiger partial charge in [-0.25, -0.2) is 8.42 Å². The summed E-state index contributed by atoms with van der Waals surface area (Å²) in [7, 11) is 1.92. The fourth-order valence-corrected chi connectivity index (χ4v) is 3.71. The number of fused-ring (bicyclic) bond motifs is 1. The van der Waals surface area contributed by atoms with Crippen molar-refractivity contribution < 1.29 is 13.2 Å². The quantitative estimate of drug-likeness (QED) is 0.830. The number of hydrogen-bond donors (Lipinski definition) is 1. The minimum atomic E-state index is -3.42. The fourth-order valence-electron chi connectivity index (χ4n) is 2.34. The summed E-state index contributed by atoms with van der Waals surface area (Å²) in [6, 6.07) is 6.67. The third kappa shape index (κ3) is 3.66. The van der Waals surface area contributed by atoms with Crippen LogP contribution in [0.5, 0.6) is 0 Å². The predicted octanol–water partition coefficient (Wildman–Crippen LogP) is 0.741. The zero-order chi connectivity index (χ0) is 16.3. The lowest BCUT2D eigenvalue weighted by Gasteiger charge is -2.32. The third-order valence-electron chi connectivity index (χ3n) is 3.50. The van der Waals surface area contributed by atoms with E-state index in [0.717, 1.165) is 5.56 Å². The average Bonchev–Trinajstić information content (AvgIpc) is 2.44. The maximum absolute atomic E-state index is 12.2. The summed E-state index contributed by atoms with van der Waals surface area (Å²) in [5.74, 6) is -0.422. The lowest BCUT2D eigenvalue weighted by Crippen LogP contribution is -2.42. The summed E-state index contributed by atoms with van der Waals surface area (Å²) in [6.45, 7) is 0.649. The van der Waals surface area contributed by atoms with Crippen LogP contribution in [-0.4, -0.2) is 52.7 Å². The molecule has 7 heteroatoms. The third-order valence-corrected chi connectivity index (χ3v) is 5.29. The van der Waals surface area contributed by atoms with Crippen molar-refractivity contribution in [2.24, 2.45) is 0 Å². The standard InChI is InChI=1S/C15H21N3O3S/c1-17(2)10-6-9-15(19)16-13-11-22(20,21)18(3)14-8-5-4-7-12(13)14/h4-9,13H,10-11H2,1-3H3,(H,16,19)/b9-6+. The molecule has 0 aromatic heterocycles. The highest BCUT2D eigenvalue weighted by Gasteiger charge is 2.33. The SMILES string of the molecule is CN(C)C/C=C/C(=O)NC1CS(=O)(=O)N(C)c2ccccc21. The molecule has 0 bridgehead atoms. The first-order chi connectivity index (χ1) is 10.3. The number of anilines is 1. The molecule has 22 heavy (non-hydrogen) atoms. The van der Waals surface area contributed by atoms with Crippen molar-refractivity contribution in [2.45, 2.75) is 6.04 Å². The lowest BCUT2D eigenvalue weighted by molar-refractivity contribution is -0.117. The minimum Gasteiger partial charge on any atom is -0.345 e. The normalized spacial score (nSPS) is 20.2. The summed E-state index contributed by atoms with van der Waals surface area (Å²) in [5, 5.41) is 2.77. The topological polar surface area (TPSA) is 69.7 Å². The van der Waals surface area contributed by atoms with E-state index in [4.69, 9.17) is 0 Å². The molecular formula is C15H21N3O3S. The summed E-state index contributed by atoms with van der Waals surface area (Å²) in [6.07, 6.45) is 3.18. The molecule has 1 unspecified atom stereocenters. The maximum atomic E-state index is 12.2. The van der Waals surface area contributed by atoms with E-state index in [1.807, 2.05) is 31.1 Å². The molecule has 0 radical (unpaired) electrons. The van der Waals surface area contributed by atoms with E-state index in [1.165, 1.54) is 17.4 Å². The molecule has 0 aliphatic carbocycles. The molecule has 1 aromatic rings. The number of hydrogen-bond acceptors (Lipinski definition) is 4. The van der Waals surface area contributed by atoms with Crippen molar-refractivity contribution in [1.82, 2.24) is 10.2 Å². The van der Waals surface area contributed by atoms with Crippen molar-refractivity contribution in [3.05, 3.63) is 42.0 Å². The number of rotatable bonds is 4. The monoisotopic (exact) mass is 323 g/mol. The Bertz CT molecular complexity index is 683. The van der Waals surface area contributed by atoms with Gasteiger partial charge in [0.2, 0.25) is 15.9 Å². The number of carbonyl (C=O) groups is 1.